The molecule has 0 radical (unpaired) electrons. The fourth-order valence-corrected chi connectivity index (χ4v) is 3.56. The van der Waals surface area contributed by atoms with Crippen LogP contribution in [0.1, 0.15) is 42.6 Å². The van der Waals surface area contributed by atoms with Gasteiger partial charge in [-0.25, -0.2) is 4.39 Å². The third kappa shape index (κ3) is 8.47. The summed E-state index contributed by atoms with van der Waals surface area (Å²) in [6.45, 7) is 5.24. The van der Waals surface area contributed by atoms with Crippen LogP contribution in [-0.4, -0.2) is 42.6 Å². The van der Waals surface area contributed by atoms with Crippen LogP contribution in [-0.2, 0) is 11.3 Å². The quantitative estimate of drug-likeness (QED) is 0.257. The van der Waals surface area contributed by atoms with E-state index in [4.69, 9.17) is 28.6 Å². The average Bonchev–Trinajstić information content (AvgIpc) is 2.81. The molecule has 6 nitrogen and oxygen atoms in total. The molecule has 0 heterocycles. The summed E-state index contributed by atoms with van der Waals surface area (Å²) >= 11 is 11.9. The van der Waals surface area contributed by atoms with Gasteiger partial charge in [0.1, 0.15) is 5.82 Å². The largest absolute Gasteiger partial charge is 0.386 e. The number of nitrogens with zero attached hydrogens (tertiary/aromatic N) is 1. The van der Waals surface area contributed by atoms with Crippen molar-refractivity contribution >= 4 is 41.2 Å². The molecule has 0 aliphatic rings. The van der Waals surface area contributed by atoms with Crippen molar-refractivity contribution in [2.45, 2.75) is 33.2 Å². The number of halogens is 3. The van der Waals surface area contributed by atoms with E-state index in [9.17, 15) is 14.0 Å². The van der Waals surface area contributed by atoms with Crippen LogP contribution in [0.2, 0.25) is 10.0 Å². The van der Waals surface area contributed by atoms with E-state index in [0.717, 1.165) is 24.1 Å². The standard InChI is InChI=1S/C25H29Cl2FN4O2/c1-3-4-24(29)21(14-31-25(34)19-7-10-22(26)23(27)13-19)17(2)30-11-12-32(16-33)15-18-5-8-20(28)9-6-18/h5-10,13,16,29-30H,3-4,11-12,14-15H2,1-2H3,(H,31,34)/b21-17-,29-24?. The lowest BCUT2D eigenvalue weighted by atomic mass is 10.0. The molecule has 0 aliphatic heterocycles. The summed E-state index contributed by atoms with van der Waals surface area (Å²) < 4.78 is 13.1. The van der Waals surface area contributed by atoms with Crippen molar-refractivity contribution < 1.29 is 14.0 Å². The highest BCUT2D eigenvalue weighted by Gasteiger charge is 2.13. The van der Waals surface area contributed by atoms with Crippen LogP contribution in [0.5, 0.6) is 0 Å². The Morgan fingerprint density at radius 2 is 1.82 bits per heavy atom. The second-order valence-corrected chi connectivity index (χ2v) is 8.59. The van der Waals surface area contributed by atoms with Crippen molar-refractivity contribution in [1.82, 2.24) is 15.5 Å². The van der Waals surface area contributed by atoms with Gasteiger partial charge in [-0.2, -0.15) is 0 Å². The van der Waals surface area contributed by atoms with Crippen LogP contribution in [0.4, 0.5) is 4.39 Å². The van der Waals surface area contributed by atoms with Crippen LogP contribution in [0, 0.1) is 11.2 Å². The van der Waals surface area contributed by atoms with E-state index in [1.54, 1.807) is 29.2 Å². The van der Waals surface area contributed by atoms with Crippen LogP contribution in [0.25, 0.3) is 0 Å². The third-order valence-corrected chi connectivity index (χ3v) is 5.90. The normalized spacial score (nSPS) is 11.4. The molecule has 0 atom stereocenters. The fraction of sp³-hybridized carbons (Fsp3) is 0.320. The topological polar surface area (TPSA) is 85.3 Å². The zero-order chi connectivity index (χ0) is 25.1. The van der Waals surface area contributed by atoms with Gasteiger partial charge in [0.05, 0.1) is 10.0 Å². The number of hydrogen-bond acceptors (Lipinski definition) is 4. The van der Waals surface area contributed by atoms with Gasteiger partial charge in [-0.15, -0.1) is 0 Å². The van der Waals surface area contributed by atoms with Crippen molar-refractivity contribution in [2.75, 3.05) is 19.6 Å². The molecule has 9 heteroatoms. The van der Waals surface area contributed by atoms with Crippen LogP contribution >= 0.6 is 23.2 Å². The molecule has 0 bridgehead atoms. The highest BCUT2D eigenvalue weighted by atomic mass is 35.5. The number of rotatable bonds is 13. The number of benzene rings is 2. The number of amides is 2. The zero-order valence-corrected chi connectivity index (χ0v) is 20.8. The molecular formula is C25H29Cl2FN4O2. The number of allylic oxidation sites excluding steroid dienone is 1. The van der Waals surface area contributed by atoms with Crippen LogP contribution < -0.4 is 10.6 Å². The van der Waals surface area contributed by atoms with Gasteiger partial charge in [-0.05, 0) is 49.2 Å². The first-order valence-electron chi connectivity index (χ1n) is 10.9. The summed E-state index contributed by atoms with van der Waals surface area (Å²) in [7, 11) is 0. The van der Waals surface area contributed by atoms with Gasteiger partial charge in [0.15, 0.2) is 0 Å². The molecule has 2 amide bonds. The van der Waals surface area contributed by atoms with E-state index in [-0.39, 0.29) is 18.3 Å². The number of nitrogens with one attached hydrogen (secondary N) is 3. The van der Waals surface area contributed by atoms with E-state index < -0.39 is 0 Å². The van der Waals surface area contributed by atoms with E-state index >= 15 is 0 Å². The second kappa shape index (κ2) is 13.7. The molecule has 0 unspecified atom stereocenters. The van der Waals surface area contributed by atoms with E-state index in [0.29, 0.717) is 52.9 Å². The monoisotopic (exact) mass is 506 g/mol. The summed E-state index contributed by atoms with van der Waals surface area (Å²) in [6, 6.07) is 10.7. The van der Waals surface area contributed by atoms with Crippen molar-refractivity contribution in [2.24, 2.45) is 0 Å². The first-order chi connectivity index (χ1) is 16.2. The lowest BCUT2D eigenvalue weighted by Gasteiger charge is -2.20. The molecule has 0 saturated heterocycles. The molecule has 0 saturated carbocycles. The van der Waals surface area contributed by atoms with Crippen LogP contribution in [0.15, 0.2) is 53.7 Å². The predicted molar refractivity (Wildman–Crippen MR) is 135 cm³/mol. The Hall–Kier alpha value is -2.90. The molecule has 34 heavy (non-hydrogen) atoms. The molecule has 2 rings (SSSR count). The van der Waals surface area contributed by atoms with Crippen molar-refractivity contribution in [3.63, 3.8) is 0 Å². The first kappa shape index (κ1) is 27.3. The summed E-state index contributed by atoms with van der Waals surface area (Å²) in [5, 5.41) is 15.2. The summed E-state index contributed by atoms with van der Waals surface area (Å²) in [6.07, 6.45) is 2.12. The van der Waals surface area contributed by atoms with Gasteiger partial charge in [-0.3, -0.25) is 9.59 Å². The predicted octanol–water partition coefficient (Wildman–Crippen LogP) is 5.20. The minimum absolute atomic E-state index is 0.170. The Bertz CT molecular complexity index is 1040. The molecule has 3 N–H and O–H groups in total. The zero-order valence-electron chi connectivity index (χ0n) is 19.3. The Morgan fingerprint density at radius 3 is 2.44 bits per heavy atom. The van der Waals surface area contributed by atoms with Gasteiger partial charge in [0, 0.05) is 48.7 Å². The smallest absolute Gasteiger partial charge is 0.251 e. The first-order valence-corrected chi connectivity index (χ1v) is 11.7. The van der Waals surface area contributed by atoms with E-state index in [1.807, 2.05) is 13.8 Å². The Morgan fingerprint density at radius 1 is 1.12 bits per heavy atom. The van der Waals surface area contributed by atoms with Gasteiger partial charge in [0.2, 0.25) is 6.41 Å². The maximum absolute atomic E-state index is 13.1. The summed E-state index contributed by atoms with van der Waals surface area (Å²) in [4.78, 5) is 25.6. The highest BCUT2D eigenvalue weighted by molar-refractivity contribution is 6.42. The minimum atomic E-state index is -0.322. The average molecular weight is 507 g/mol. The minimum Gasteiger partial charge on any atom is -0.386 e. The van der Waals surface area contributed by atoms with Gasteiger partial charge >= 0.3 is 0 Å². The molecule has 0 spiro atoms. The SMILES string of the molecule is CCCC(=N)/C(CNC(=O)c1ccc(Cl)c(Cl)c1)=C(/C)NCCN(C=O)Cc1ccc(F)cc1. The molecule has 2 aromatic carbocycles. The molecule has 0 aromatic heterocycles. The maximum atomic E-state index is 13.1. The maximum Gasteiger partial charge on any atom is 0.251 e. The molecular weight excluding hydrogens is 478 g/mol. The lowest BCUT2D eigenvalue weighted by molar-refractivity contribution is -0.118. The van der Waals surface area contributed by atoms with E-state index in [2.05, 4.69) is 10.6 Å². The van der Waals surface area contributed by atoms with Gasteiger partial charge in [0.25, 0.3) is 5.91 Å². The molecule has 0 aliphatic carbocycles. The Balaban J connectivity index is 2.00. The van der Waals surface area contributed by atoms with Gasteiger partial charge < -0.3 is 20.9 Å². The Kier molecular flexibility index (Phi) is 11.0. The summed E-state index contributed by atoms with van der Waals surface area (Å²) in [5.41, 5.74) is 3.08. The molecule has 182 valence electrons. The molecule has 2 aromatic rings. The third-order valence-electron chi connectivity index (χ3n) is 5.16. The fourth-order valence-electron chi connectivity index (χ4n) is 3.26. The van der Waals surface area contributed by atoms with Crippen LogP contribution in [0.3, 0.4) is 0 Å². The number of carbonyl (C=O) groups is 2. The molecule has 0 fully saturated rings. The van der Waals surface area contributed by atoms with Crippen molar-refractivity contribution in [3.8, 4) is 0 Å². The van der Waals surface area contributed by atoms with E-state index in [1.165, 1.54) is 18.2 Å². The number of carbonyl (C=O) groups excluding carboxylic acids is 2. The second-order valence-electron chi connectivity index (χ2n) is 7.77. The number of hydrogen-bond donors (Lipinski definition) is 3. The Labute approximate surface area is 209 Å². The lowest BCUT2D eigenvalue weighted by Crippen LogP contribution is -2.33. The summed E-state index contributed by atoms with van der Waals surface area (Å²) in [5.74, 6) is -0.642. The van der Waals surface area contributed by atoms with Crippen molar-refractivity contribution in [1.29, 1.82) is 5.41 Å². The highest BCUT2D eigenvalue weighted by Crippen LogP contribution is 2.22. The van der Waals surface area contributed by atoms with Crippen molar-refractivity contribution in [3.05, 3.63) is 80.7 Å². The van der Waals surface area contributed by atoms with Gasteiger partial charge in [-0.1, -0.05) is 48.7 Å².